The highest BCUT2D eigenvalue weighted by Gasteiger charge is 2.27. The zero-order valence-corrected chi connectivity index (χ0v) is 19.3. The topological polar surface area (TPSA) is 34.1 Å². The van der Waals surface area contributed by atoms with Gasteiger partial charge in [-0.25, -0.2) is 0 Å². The summed E-state index contributed by atoms with van der Waals surface area (Å²) in [6, 6.07) is 0. The van der Waals surface area contributed by atoms with Crippen LogP contribution in [0.5, 0.6) is 0 Å². The van der Waals surface area contributed by atoms with Crippen molar-refractivity contribution in [3.63, 3.8) is 0 Å². The molecule has 2 nitrogen and oxygen atoms in total. The van der Waals surface area contributed by atoms with Gasteiger partial charge in [0.05, 0.1) is 0 Å². The van der Waals surface area contributed by atoms with E-state index in [0.29, 0.717) is 11.3 Å². The fraction of sp³-hybridized carbons (Fsp3) is 0.750. The molecule has 2 unspecified atom stereocenters. The van der Waals surface area contributed by atoms with Gasteiger partial charge in [0.25, 0.3) is 0 Å². The maximum absolute atomic E-state index is 12.1. The summed E-state index contributed by atoms with van der Waals surface area (Å²) < 4.78 is 0. The lowest BCUT2D eigenvalue weighted by Gasteiger charge is -2.18. The van der Waals surface area contributed by atoms with Crippen molar-refractivity contribution in [2.24, 2.45) is 11.8 Å². The molecule has 0 aromatic rings. The number of rotatable bonds is 7. The zero-order chi connectivity index (χ0) is 21.4. The first-order valence-electron chi connectivity index (χ1n) is 11.0. The molecule has 1 fully saturated rings. The lowest BCUT2D eigenvalue weighted by Crippen LogP contribution is -2.28. The minimum Gasteiger partial charge on any atom is -0.306 e. The number of ketones is 1. The van der Waals surface area contributed by atoms with Crippen LogP contribution >= 0.6 is 0 Å². The number of allylic oxidation sites excluding steroid dienone is 2. The van der Waals surface area contributed by atoms with E-state index in [1.165, 1.54) is 51.9 Å². The average molecular weight is 376 g/mol. The predicted octanol–water partition coefficient (Wildman–Crippen LogP) is 7.36. The van der Waals surface area contributed by atoms with Crippen LogP contribution in [0.25, 0.3) is 0 Å². The van der Waals surface area contributed by atoms with Crippen LogP contribution in [0.15, 0.2) is 24.3 Å². The van der Waals surface area contributed by atoms with Crippen LogP contribution in [-0.2, 0) is 9.59 Å². The molecule has 0 amide bonds. The third-order valence-electron chi connectivity index (χ3n) is 5.29. The molecule has 0 spiro atoms. The average Bonchev–Trinajstić information content (AvgIpc) is 2.85. The quantitative estimate of drug-likeness (QED) is 0.264. The maximum atomic E-state index is 12.1. The molecule has 1 aliphatic rings. The second kappa shape index (κ2) is 17.0. The first kappa shape index (κ1) is 28.1. The van der Waals surface area contributed by atoms with E-state index in [1.54, 1.807) is 6.92 Å². The number of Topliss-reactive ketones (excluding diaryl/α,β-unsaturated/α-hetero) is 1. The van der Waals surface area contributed by atoms with E-state index in [-0.39, 0.29) is 12.5 Å². The molecule has 3 heteroatoms. The Morgan fingerprint density at radius 3 is 1.67 bits per heavy atom. The first-order chi connectivity index (χ1) is 12.6. The minimum atomic E-state index is 0.0648. The minimum absolute atomic E-state index is 0.0648. The van der Waals surface area contributed by atoms with Crippen LogP contribution in [-0.4, -0.2) is 18.2 Å². The van der Waals surface area contributed by atoms with Gasteiger partial charge in [-0.2, -0.15) is 0 Å². The van der Waals surface area contributed by atoms with E-state index < -0.39 is 0 Å². The summed E-state index contributed by atoms with van der Waals surface area (Å²) >= 11 is 0. The summed E-state index contributed by atoms with van der Waals surface area (Å²) in [6.45, 7) is 21.2. The van der Waals surface area contributed by atoms with Crippen LogP contribution in [0.3, 0.4) is 0 Å². The standard InChI is InChI=1S/C16H29BO.C5H8O.C3H8/c1-5-14-8-7-9-15(11-10-14)12-17(6-2)16(18)13(3)4;1-4(2)5(3)6;1-3-2/h14-15H,3,5-12H2,1-2,4H3;1H2,2-3H3;3H2,1-2H3. The number of hydrogen-bond donors (Lipinski definition) is 0. The highest BCUT2D eigenvalue weighted by Crippen LogP contribution is 2.32. The summed E-state index contributed by atoms with van der Waals surface area (Å²) in [7, 11) is 0. The number of carbonyl (C=O) groups excluding carboxylic acids is 2. The van der Waals surface area contributed by atoms with Gasteiger partial charge >= 0.3 is 0 Å². The van der Waals surface area contributed by atoms with Gasteiger partial charge in [0.2, 0.25) is 6.71 Å². The molecule has 0 aliphatic heterocycles. The summed E-state index contributed by atoms with van der Waals surface area (Å²) in [4.78, 5) is 22.1. The summed E-state index contributed by atoms with van der Waals surface area (Å²) in [5.41, 5.74) is 1.66. The second-order valence-electron chi connectivity index (χ2n) is 8.18. The molecule has 0 aromatic heterocycles. The van der Waals surface area contributed by atoms with E-state index in [1.807, 2.05) is 6.92 Å². The third-order valence-corrected chi connectivity index (χ3v) is 5.29. The Balaban J connectivity index is 0. The van der Waals surface area contributed by atoms with Gasteiger partial charge in [0.15, 0.2) is 5.78 Å². The van der Waals surface area contributed by atoms with Gasteiger partial charge in [-0.3, -0.25) is 4.79 Å². The predicted molar refractivity (Wildman–Crippen MR) is 123 cm³/mol. The van der Waals surface area contributed by atoms with Crippen molar-refractivity contribution >= 4 is 18.2 Å². The van der Waals surface area contributed by atoms with Crippen molar-refractivity contribution in [2.45, 2.75) is 106 Å². The van der Waals surface area contributed by atoms with Gasteiger partial charge in [-0.1, -0.05) is 98.4 Å². The molecule has 27 heavy (non-hydrogen) atoms. The Morgan fingerprint density at radius 2 is 1.30 bits per heavy atom. The molecule has 0 bridgehead atoms. The molecule has 0 N–H and O–H groups in total. The Hall–Kier alpha value is -1.12. The summed E-state index contributed by atoms with van der Waals surface area (Å²) in [6.07, 6.45) is 11.4. The van der Waals surface area contributed by atoms with Crippen molar-refractivity contribution in [1.82, 2.24) is 0 Å². The van der Waals surface area contributed by atoms with E-state index in [9.17, 15) is 9.59 Å². The van der Waals surface area contributed by atoms with E-state index in [0.717, 1.165) is 30.0 Å². The zero-order valence-electron chi connectivity index (χ0n) is 19.3. The molecule has 0 aromatic carbocycles. The van der Waals surface area contributed by atoms with Crippen LogP contribution in [0.2, 0.25) is 12.6 Å². The molecular formula is C24H45BO2. The van der Waals surface area contributed by atoms with Crippen molar-refractivity contribution in [3.05, 3.63) is 24.3 Å². The van der Waals surface area contributed by atoms with Crippen molar-refractivity contribution in [2.75, 3.05) is 0 Å². The van der Waals surface area contributed by atoms with Crippen LogP contribution in [0.1, 0.15) is 93.4 Å². The largest absolute Gasteiger partial charge is 0.306 e. The van der Waals surface area contributed by atoms with Crippen LogP contribution < -0.4 is 0 Å². The van der Waals surface area contributed by atoms with Crippen LogP contribution in [0.4, 0.5) is 0 Å². The lowest BCUT2D eigenvalue weighted by atomic mass is 9.39. The van der Waals surface area contributed by atoms with Gasteiger partial charge in [-0.15, -0.1) is 0 Å². The highest BCUT2D eigenvalue weighted by atomic mass is 16.1. The molecule has 1 rings (SSSR count). The fourth-order valence-electron chi connectivity index (χ4n) is 3.31. The Morgan fingerprint density at radius 1 is 0.852 bits per heavy atom. The lowest BCUT2D eigenvalue weighted by molar-refractivity contribution is -0.113. The second-order valence-corrected chi connectivity index (χ2v) is 8.18. The normalized spacial score (nSPS) is 18.6. The van der Waals surface area contributed by atoms with Crippen molar-refractivity contribution < 1.29 is 9.59 Å². The summed E-state index contributed by atoms with van der Waals surface area (Å²) in [5, 5.41) is 0. The van der Waals surface area contributed by atoms with Crippen molar-refractivity contribution in [1.29, 1.82) is 0 Å². The monoisotopic (exact) mass is 376 g/mol. The highest BCUT2D eigenvalue weighted by molar-refractivity contribution is 6.92. The van der Waals surface area contributed by atoms with E-state index in [2.05, 4.69) is 40.9 Å². The molecule has 0 heterocycles. The van der Waals surface area contributed by atoms with Gasteiger partial charge in [-0.05, 0) is 43.8 Å². The van der Waals surface area contributed by atoms with Gasteiger partial charge < -0.3 is 4.79 Å². The van der Waals surface area contributed by atoms with Gasteiger partial charge in [0.1, 0.15) is 5.68 Å². The molecule has 0 saturated heterocycles. The maximum Gasteiger partial charge on any atom is 0.229 e. The van der Waals surface area contributed by atoms with Crippen molar-refractivity contribution in [3.8, 4) is 0 Å². The molecule has 0 radical (unpaired) electrons. The molecule has 156 valence electrons. The molecule has 2 atom stereocenters. The smallest absolute Gasteiger partial charge is 0.229 e. The molecule has 1 aliphatic carbocycles. The van der Waals surface area contributed by atoms with Gasteiger partial charge in [0, 0.05) is 0 Å². The number of carbonyl (C=O) groups is 2. The number of hydrogen-bond acceptors (Lipinski definition) is 2. The first-order valence-corrected chi connectivity index (χ1v) is 11.0. The summed E-state index contributed by atoms with van der Waals surface area (Å²) in [5.74, 6) is 1.77. The Labute approximate surface area is 170 Å². The Bertz CT molecular complexity index is 441. The molecular weight excluding hydrogens is 331 g/mol. The van der Waals surface area contributed by atoms with E-state index >= 15 is 0 Å². The molecule has 1 saturated carbocycles. The SMILES string of the molecule is C=C(C)C(=O)B(CC)CC1CCCC(CC)CC1.C=C(C)C(C)=O.CCC. The fourth-order valence-corrected chi connectivity index (χ4v) is 3.31. The van der Waals surface area contributed by atoms with Crippen LogP contribution in [0, 0.1) is 11.8 Å². The third kappa shape index (κ3) is 14.6. The van der Waals surface area contributed by atoms with E-state index in [4.69, 9.17) is 0 Å². The Kier molecular flexibility index (Phi) is 17.7.